The van der Waals surface area contributed by atoms with Crippen molar-refractivity contribution in [3.8, 4) is 5.69 Å². The van der Waals surface area contributed by atoms with Crippen LogP contribution in [-0.4, -0.2) is 9.78 Å². The van der Waals surface area contributed by atoms with Gasteiger partial charge in [-0.25, -0.2) is 4.68 Å². The van der Waals surface area contributed by atoms with Crippen LogP contribution in [0, 0.1) is 10.5 Å². The Morgan fingerprint density at radius 2 is 2.00 bits per heavy atom. The molecule has 0 amide bonds. The van der Waals surface area contributed by atoms with Crippen molar-refractivity contribution in [3.63, 3.8) is 0 Å². The first kappa shape index (κ1) is 13.9. The van der Waals surface area contributed by atoms with Crippen LogP contribution >= 0.6 is 38.5 Å². The fourth-order valence-corrected chi connectivity index (χ4v) is 2.55. The molecule has 7 heteroatoms. The molecule has 1 aromatic carbocycles. The second-order valence-electron chi connectivity index (χ2n) is 3.64. The fourth-order valence-electron chi connectivity index (χ4n) is 1.52. The van der Waals surface area contributed by atoms with E-state index in [1.807, 2.05) is 0 Å². The first-order valence-corrected chi connectivity index (χ1v) is 6.76. The molecule has 18 heavy (non-hydrogen) atoms. The van der Waals surface area contributed by atoms with Crippen molar-refractivity contribution in [3.05, 3.63) is 43.7 Å². The molecule has 1 aromatic heterocycles. The van der Waals surface area contributed by atoms with Crippen molar-refractivity contribution in [1.29, 1.82) is 0 Å². The second kappa shape index (κ2) is 4.84. The molecule has 1 heterocycles. The summed E-state index contributed by atoms with van der Waals surface area (Å²) in [7, 11) is 0. The Morgan fingerprint density at radius 1 is 1.33 bits per heavy atom. The molecule has 0 aliphatic carbocycles. The molecular weight excluding hydrogens is 424 g/mol. The standard InChI is InChI=1S/C11H7BrF3IN2/c1-6-9(16)10(11(13,14)15)17-18(6)8-4-2-3-7(12)5-8/h2-5H,1H3. The third-order valence-corrected chi connectivity index (χ3v) is 4.15. The Bertz CT molecular complexity index is 592. The highest BCUT2D eigenvalue weighted by Gasteiger charge is 2.38. The molecule has 0 unspecified atom stereocenters. The molecule has 0 aliphatic rings. The van der Waals surface area contributed by atoms with E-state index in [0.717, 1.165) is 4.47 Å². The van der Waals surface area contributed by atoms with E-state index in [4.69, 9.17) is 0 Å². The van der Waals surface area contributed by atoms with Crippen LogP contribution in [0.3, 0.4) is 0 Å². The van der Waals surface area contributed by atoms with Gasteiger partial charge in [0, 0.05) is 4.47 Å². The molecule has 2 aromatic rings. The average Bonchev–Trinajstić information content (AvgIpc) is 2.55. The largest absolute Gasteiger partial charge is 0.436 e. The number of aromatic nitrogens is 2. The molecule has 2 nitrogen and oxygen atoms in total. The highest BCUT2D eigenvalue weighted by molar-refractivity contribution is 14.1. The first-order chi connectivity index (χ1) is 8.30. The number of benzene rings is 1. The zero-order valence-corrected chi connectivity index (χ0v) is 12.8. The van der Waals surface area contributed by atoms with Crippen molar-refractivity contribution >= 4 is 38.5 Å². The summed E-state index contributed by atoms with van der Waals surface area (Å²) in [6, 6.07) is 6.98. The van der Waals surface area contributed by atoms with E-state index in [-0.39, 0.29) is 3.57 Å². The van der Waals surface area contributed by atoms with Crippen LogP contribution in [0.25, 0.3) is 5.69 Å². The third-order valence-electron chi connectivity index (χ3n) is 2.36. The van der Waals surface area contributed by atoms with Gasteiger partial charge in [-0.1, -0.05) is 22.0 Å². The Balaban J connectivity index is 2.60. The smallest absolute Gasteiger partial charge is 0.236 e. The van der Waals surface area contributed by atoms with E-state index in [1.165, 1.54) is 4.68 Å². The maximum Gasteiger partial charge on any atom is 0.436 e. The maximum absolute atomic E-state index is 12.7. The number of halogens is 5. The maximum atomic E-state index is 12.7. The molecule has 0 atom stereocenters. The van der Waals surface area contributed by atoms with Crippen LogP contribution < -0.4 is 0 Å². The molecule has 2 rings (SSSR count). The van der Waals surface area contributed by atoms with Crippen molar-refractivity contribution < 1.29 is 13.2 Å². The number of hydrogen-bond donors (Lipinski definition) is 0. The van der Waals surface area contributed by atoms with Gasteiger partial charge in [-0.15, -0.1) is 0 Å². The monoisotopic (exact) mass is 430 g/mol. The Labute approximate surface area is 123 Å². The molecule has 0 bridgehead atoms. The molecule has 0 aliphatic heterocycles. The van der Waals surface area contributed by atoms with E-state index >= 15 is 0 Å². The van der Waals surface area contributed by atoms with E-state index in [0.29, 0.717) is 11.4 Å². The Morgan fingerprint density at radius 3 is 2.50 bits per heavy atom. The lowest BCUT2D eigenvalue weighted by molar-refractivity contribution is -0.142. The summed E-state index contributed by atoms with van der Waals surface area (Å²) in [5, 5.41) is 3.66. The van der Waals surface area contributed by atoms with E-state index in [9.17, 15) is 13.2 Å². The van der Waals surface area contributed by atoms with Gasteiger partial charge in [-0.3, -0.25) is 0 Å². The van der Waals surface area contributed by atoms with Crippen molar-refractivity contribution in [2.24, 2.45) is 0 Å². The van der Waals surface area contributed by atoms with Gasteiger partial charge in [0.1, 0.15) is 0 Å². The van der Waals surface area contributed by atoms with Crippen molar-refractivity contribution in [2.45, 2.75) is 13.1 Å². The van der Waals surface area contributed by atoms with Gasteiger partial charge in [0.05, 0.1) is 15.0 Å². The molecule has 0 spiro atoms. The quantitative estimate of drug-likeness (QED) is 0.606. The predicted octanol–water partition coefficient (Wildman–Crippen LogP) is 4.57. The van der Waals surface area contributed by atoms with E-state index in [1.54, 1.807) is 53.8 Å². The highest BCUT2D eigenvalue weighted by atomic mass is 127. The zero-order chi connectivity index (χ0) is 13.5. The summed E-state index contributed by atoms with van der Waals surface area (Å²) >= 11 is 4.95. The van der Waals surface area contributed by atoms with Crippen LogP contribution in [-0.2, 0) is 6.18 Å². The van der Waals surface area contributed by atoms with E-state index < -0.39 is 11.9 Å². The Kier molecular flexibility index (Phi) is 3.72. The molecule has 0 saturated carbocycles. The minimum atomic E-state index is -4.43. The first-order valence-electron chi connectivity index (χ1n) is 4.89. The van der Waals surface area contributed by atoms with Gasteiger partial charge in [0.25, 0.3) is 0 Å². The van der Waals surface area contributed by atoms with Gasteiger partial charge in [0.15, 0.2) is 5.69 Å². The molecular formula is C11H7BrF3IN2. The number of alkyl halides is 3. The minimum Gasteiger partial charge on any atom is -0.236 e. The van der Waals surface area contributed by atoms with Gasteiger partial charge in [0.2, 0.25) is 0 Å². The molecule has 0 fully saturated rings. The summed E-state index contributed by atoms with van der Waals surface area (Å²) in [5.74, 6) is 0. The molecule has 96 valence electrons. The van der Waals surface area contributed by atoms with Gasteiger partial charge >= 0.3 is 6.18 Å². The van der Waals surface area contributed by atoms with Crippen LogP contribution in [0.1, 0.15) is 11.4 Å². The lowest BCUT2D eigenvalue weighted by Crippen LogP contribution is -2.08. The normalized spacial score (nSPS) is 11.9. The third kappa shape index (κ3) is 2.56. The topological polar surface area (TPSA) is 17.8 Å². The molecule has 0 radical (unpaired) electrons. The summed E-state index contributed by atoms with van der Waals surface area (Å²) < 4.78 is 40.5. The second-order valence-corrected chi connectivity index (χ2v) is 5.63. The summed E-state index contributed by atoms with van der Waals surface area (Å²) in [6.07, 6.45) is -4.43. The van der Waals surface area contributed by atoms with Gasteiger partial charge in [-0.2, -0.15) is 18.3 Å². The minimum absolute atomic E-state index is 0.125. The SMILES string of the molecule is Cc1c(I)c(C(F)(F)F)nn1-c1cccc(Br)c1. The van der Waals surface area contributed by atoms with Gasteiger partial charge in [-0.05, 0) is 47.7 Å². The lowest BCUT2D eigenvalue weighted by atomic mass is 10.3. The average molecular weight is 431 g/mol. The predicted molar refractivity (Wildman–Crippen MR) is 73.7 cm³/mol. The summed E-state index contributed by atoms with van der Waals surface area (Å²) in [6.45, 7) is 1.62. The fraction of sp³-hybridized carbons (Fsp3) is 0.182. The summed E-state index contributed by atoms with van der Waals surface area (Å²) in [4.78, 5) is 0. The summed E-state index contributed by atoms with van der Waals surface area (Å²) in [5.41, 5.74) is 0.219. The van der Waals surface area contributed by atoms with Crippen LogP contribution in [0.15, 0.2) is 28.7 Å². The van der Waals surface area contributed by atoms with Crippen LogP contribution in [0.2, 0.25) is 0 Å². The number of nitrogens with zero attached hydrogens (tertiary/aromatic N) is 2. The van der Waals surface area contributed by atoms with Crippen LogP contribution in [0.4, 0.5) is 13.2 Å². The number of rotatable bonds is 1. The number of hydrogen-bond acceptors (Lipinski definition) is 1. The van der Waals surface area contributed by atoms with Gasteiger partial charge < -0.3 is 0 Å². The molecule has 0 N–H and O–H groups in total. The zero-order valence-electron chi connectivity index (χ0n) is 9.09. The van der Waals surface area contributed by atoms with Crippen LogP contribution in [0.5, 0.6) is 0 Å². The molecule has 0 saturated heterocycles. The van der Waals surface area contributed by atoms with Crippen molar-refractivity contribution in [2.75, 3.05) is 0 Å². The lowest BCUT2D eigenvalue weighted by Gasteiger charge is -2.04. The Hall–Kier alpha value is -0.570. The van der Waals surface area contributed by atoms with E-state index in [2.05, 4.69) is 21.0 Å². The van der Waals surface area contributed by atoms with Crippen molar-refractivity contribution in [1.82, 2.24) is 9.78 Å². The highest BCUT2D eigenvalue weighted by Crippen LogP contribution is 2.34.